The Morgan fingerprint density at radius 3 is 2.59 bits per heavy atom. The number of rotatable bonds is 6. The summed E-state index contributed by atoms with van der Waals surface area (Å²) >= 11 is 0. The molecule has 0 spiro atoms. The van der Waals surface area contributed by atoms with E-state index in [-0.39, 0.29) is 23.0 Å². The number of fused-ring (bicyclic) bond motifs is 1. The van der Waals surface area contributed by atoms with Crippen LogP contribution in [-0.2, 0) is 7.05 Å². The quantitative estimate of drug-likeness (QED) is 0.423. The number of pyridine rings is 2. The third kappa shape index (κ3) is 4.10. The molecule has 0 saturated carbocycles. The average Bonchev–Trinajstić information content (AvgIpc) is 2.81. The molecule has 7 nitrogen and oxygen atoms in total. The lowest BCUT2D eigenvalue weighted by Crippen LogP contribution is -2.20. The first-order valence-electron chi connectivity index (χ1n) is 10.6. The lowest BCUT2D eigenvalue weighted by molar-refractivity contribution is 0.0698. The van der Waals surface area contributed by atoms with Gasteiger partial charge in [-0.15, -0.1) is 0 Å². The smallest absolute Gasteiger partial charge is 0.337 e. The van der Waals surface area contributed by atoms with Crippen LogP contribution in [0.25, 0.3) is 22.0 Å². The van der Waals surface area contributed by atoms with E-state index in [0.29, 0.717) is 27.7 Å². The van der Waals surface area contributed by atoms with Crippen molar-refractivity contribution < 1.29 is 19.0 Å². The highest BCUT2D eigenvalue weighted by Gasteiger charge is 2.18. The number of para-hydroxylation sites is 1. The molecule has 0 radical (unpaired) electrons. The van der Waals surface area contributed by atoms with Crippen LogP contribution in [0.1, 0.15) is 34.5 Å². The molecule has 0 bridgehead atoms. The minimum atomic E-state index is -1.03. The van der Waals surface area contributed by atoms with Gasteiger partial charge in [-0.25, -0.2) is 14.2 Å². The highest BCUT2D eigenvalue weighted by atomic mass is 19.1. The van der Waals surface area contributed by atoms with E-state index in [1.165, 1.54) is 30.0 Å². The Morgan fingerprint density at radius 1 is 1.18 bits per heavy atom. The molecule has 0 amide bonds. The zero-order chi connectivity index (χ0) is 24.6. The highest BCUT2D eigenvalue weighted by Crippen LogP contribution is 2.31. The SMILES string of the molecule is COc1ncc(-c2cc3c(C(C)Nc4ccccc4C(=O)O)cc(C)cc3c(=O)n2C)cc1F. The van der Waals surface area contributed by atoms with Crippen molar-refractivity contribution in [2.24, 2.45) is 7.05 Å². The first kappa shape index (κ1) is 23.0. The van der Waals surface area contributed by atoms with Crippen LogP contribution in [0, 0.1) is 12.7 Å². The van der Waals surface area contributed by atoms with Crippen molar-refractivity contribution in [3.8, 4) is 17.1 Å². The molecule has 2 aromatic carbocycles. The normalized spacial score (nSPS) is 11.9. The van der Waals surface area contributed by atoms with E-state index in [1.54, 1.807) is 25.2 Å². The molecule has 0 aliphatic heterocycles. The number of methoxy groups -OCH3 is 1. The first-order chi connectivity index (χ1) is 16.2. The van der Waals surface area contributed by atoms with E-state index < -0.39 is 11.8 Å². The monoisotopic (exact) mass is 461 g/mol. The second-order valence-electron chi connectivity index (χ2n) is 8.14. The number of ether oxygens (including phenoxy) is 1. The van der Waals surface area contributed by atoms with Crippen LogP contribution in [-0.4, -0.2) is 27.7 Å². The second-order valence-corrected chi connectivity index (χ2v) is 8.14. The number of aryl methyl sites for hydroxylation is 1. The van der Waals surface area contributed by atoms with Gasteiger partial charge in [-0.05, 0) is 60.7 Å². The Hall–Kier alpha value is -4.20. The molecule has 8 heteroatoms. The number of carboxylic acid groups (broad SMARTS) is 1. The van der Waals surface area contributed by atoms with Crippen molar-refractivity contribution in [1.29, 1.82) is 0 Å². The Labute approximate surface area is 195 Å². The number of anilines is 1. The number of nitrogens with one attached hydrogen (secondary N) is 1. The number of halogens is 1. The van der Waals surface area contributed by atoms with Gasteiger partial charge in [0, 0.05) is 35.9 Å². The number of benzene rings is 2. The van der Waals surface area contributed by atoms with Gasteiger partial charge >= 0.3 is 5.97 Å². The van der Waals surface area contributed by atoms with Gasteiger partial charge in [0.1, 0.15) is 0 Å². The number of nitrogens with zero attached hydrogens (tertiary/aromatic N) is 2. The van der Waals surface area contributed by atoms with E-state index in [9.17, 15) is 19.1 Å². The van der Waals surface area contributed by atoms with Gasteiger partial charge in [0.15, 0.2) is 5.82 Å². The highest BCUT2D eigenvalue weighted by molar-refractivity contribution is 5.94. The maximum absolute atomic E-state index is 14.4. The van der Waals surface area contributed by atoms with Gasteiger partial charge in [0.2, 0.25) is 5.88 Å². The summed E-state index contributed by atoms with van der Waals surface area (Å²) in [6, 6.07) is 13.2. The fourth-order valence-corrected chi connectivity index (χ4v) is 4.14. The Balaban J connectivity index is 1.89. The number of hydrogen-bond donors (Lipinski definition) is 2. The Bertz CT molecular complexity index is 1480. The van der Waals surface area contributed by atoms with E-state index in [1.807, 2.05) is 32.0 Å². The summed E-state index contributed by atoms with van der Waals surface area (Å²) < 4.78 is 20.7. The molecule has 1 atom stereocenters. The summed E-state index contributed by atoms with van der Waals surface area (Å²) in [5.41, 5.74) is 3.04. The lowest BCUT2D eigenvalue weighted by atomic mass is 9.96. The third-order valence-corrected chi connectivity index (χ3v) is 5.83. The van der Waals surface area contributed by atoms with Crippen LogP contribution < -0.4 is 15.6 Å². The standard InChI is InChI=1S/C26H24FN3O4/c1-14-9-18(15(2)29-22-8-6-5-7-17(22)26(32)33)19-12-23(30(3)25(31)20(19)10-14)16-11-21(27)24(34-4)28-13-16/h5-13,15,29H,1-4H3,(H,32,33). The van der Waals surface area contributed by atoms with Gasteiger partial charge in [0.05, 0.1) is 18.4 Å². The summed E-state index contributed by atoms with van der Waals surface area (Å²) in [7, 11) is 2.97. The maximum atomic E-state index is 14.4. The van der Waals surface area contributed by atoms with E-state index >= 15 is 0 Å². The lowest BCUT2D eigenvalue weighted by Gasteiger charge is -2.21. The van der Waals surface area contributed by atoms with Crippen LogP contribution in [0.5, 0.6) is 5.88 Å². The molecule has 2 N–H and O–H groups in total. The molecule has 0 saturated heterocycles. The number of carbonyl (C=O) groups is 1. The Kier molecular flexibility index (Phi) is 6.06. The van der Waals surface area contributed by atoms with Gasteiger partial charge in [-0.1, -0.05) is 18.2 Å². The van der Waals surface area contributed by atoms with Crippen LogP contribution >= 0.6 is 0 Å². The first-order valence-corrected chi connectivity index (χ1v) is 10.6. The minimum absolute atomic E-state index is 0.124. The van der Waals surface area contributed by atoms with Crippen molar-refractivity contribution >= 4 is 22.4 Å². The van der Waals surface area contributed by atoms with Gasteiger partial charge in [-0.3, -0.25) is 4.79 Å². The fraction of sp³-hybridized carbons (Fsp3) is 0.192. The molecule has 2 heterocycles. The fourth-order valence-electron chi connectivity index (χ4n) is 4.14. The Morgan fingerprint density at radius 2 is 1.91 bits per heavy atom. The molecular formula is C26H24FN3O4. The molecular weight excluding hydrogens is 437 g/mol. The van der Waals surface area contributed by atoms with Crippen molar-refractivity contribution in [3.63, 3.8) is 0 Å². The van der Waals surface area contributed by atoms with Crippen molar-refractivity contribution in [3.05, 3.63) is 87.6 Å². The van der Waals surface area contributed by atoms with Crippen LogP contribution in [0.3, 0.4) is 0 Å². The summed E-state index contributed by atoms with van der Waals surface area (Å²) in [6.07, 6.45) is 1.46. The van der Waals surface area contributed by atoms with E-state index in [2.05, 4.69) is 10.3 Å². The number of hydrogen-bond acceptors (Lipinski definition) is 5. The minimum Gasteiger partial charge on any atom is -0.479 e. The number of aromatic nitrogens is 2. The van der Waals surface area contributed by atoms with Gasteiger partial charge in [-0.2, -0.15) is 0 Å². The predicted octanol–water partition coefficient (Wildman–Crippen LogP) is 4.93. The largest absolute Gasteiger partial charge is 0.479 e. The maximum Gasteiger partial charge on any atom is 0.337 e. The molecule has 0 fully saturated rings. The molecule has 2 aromatic heterocycles. The summed E-state index contributed by atoms with van der Waals surface area (Å²) in [5, 5.41) is 14.0. The average molecular weight is 461 g/mol. The number of carboxylic acids is 1. The topological polar surface area (TPSA) is 93.5 Å². The van der Waals surface area contributed by atoms with Crippen molar-refractivity contribution in [2.75, 3.05) is 12.4 Å². The molecule has 0 aliphatic carbocycles. The third-order valence-electron chi connectivity index (χ3n) is 5.83. The van der Waals surface area contributed by atoms with Crippen LogP contribution in [0.15, 0.2) is 59.5 Å². The summed E-state index contributed by atoms with van der Waals surface area (Å²) in [5.74, 6) is -1.78. The number of aromatic carboxylic acids is 1. The molecule has 34 heavy (non-hydrogen) atoms. The van der Waals surface area contributed by atoms with Gasteiger partial charge in [0.25, 0.3) is 5.56 Å². The van der Waals surface area contributed by atoms with E-state index in [4.69, 9.17) is 4.74 Å². The second kappa shape index (κ2) is 8.97. The zero-order valence-electron chi connectivity index (χ0n) is 19.2. The van der Waals surface area contributed by atoms with Crippen molar-refractivity contribution in [2.45, 2.75) is 19.9 Å². The van der Waals surface area contributed by atoms with E-state index in [0.717, 1.165) is 11.1 Å². The summed E-state index contributed by atoms with van der Waals surface area (Å²) in [4.78, 5) is 28.9. The van der Waals surface area contributed by atoms with Crippen LogP contribution in [0.2, 0.25) is 0 Å². The molecule has 0 aliphatic rings. The van der Waals surface area contributed by atoms with Crippen molar-refractivity contribution in [1.82, 2.24) is 9.55 Å². The molecule has 174 valence electrons. The molecule has 1 unspecified atom stereocenters. The summed E-state index contributed by atoms with van der Waals surface area (Å²) in [6.45, 7) is 3.80. The predicted molar refractivity (Wildman–Crippen MR) is 129 cm³/mol. The zero-order valence-corrected chi connectivity index (χ0v) is 19.2. The molecule has 4 rings (SSSR count). The van der Waals surface area contributed by atoms with Gasteiger partial charge < -0.3 is 19.7 Å². The van der Waals surface area contributed by atoms with Crippen LogP contribution in [0.4, 0.5) is 10.1 Å². The molecule has 4 aromatic rings.